The highest BCUT2D eigenvalue weighted by atomic mass is 16.5. The number of fused-ring (bicyclic) bond motifs is 1. The van der Waals surface area contributed by atoms with Gasteiger partial charge in [0.05, 0.1) is 17.3 Å². The van der Waals surface area contributed by atoms with E-state index in [1.54, 1.807) is 10.9 Å². The molecule has 0 unspecified atom stereocenters. The number of nitrogens with zero attached hydrogens (tertiary/aromatic N) is 5. The Morgan fingerprint density at radius 1 is 1.29 bits per heavy atom. The molecule has 3 rings (SSSR count). The maximum Gasteiger partial charge on any atom is 0.148 e. The average molecular weight is 321 g/mol. The van der Waals surface area contributed by atoms with E-state index in [1.807, 2.05) is 31.3 Å². The fourth-order valence-corrected chi connectivity index (χ4v) is 2.36. The minimum Gasteiger partial charge on any atom is -0.485 e. The summed E-state index contributed by atoms with van der Waals surface area (Å²) < 4.78 is 7.73. The molecular weight excluding hydrogens is 302 g/mol. The first-order valence-corrected chi connectivity index (χ1v) is 7.72. The number of nitriles is 1. The van der Waals surface area contributed by atoms with Crippen LogP contribution in [0.5, 0.6) is 5.75 Å². The fraction of sp³-hybridized carbons (Fsp3) is 0.333. The number of aryl methyl sites for hydroxylation is 1. The van der Waals surface area contributed by atoms with Crippen LogP contribution in [0.25, 0.3) is 10.9 Å². The van der Waals surface area contributed by atoms with Gasteiger partial charge in [0.25, 0.3) is 0 Å². The SMILES string of the molecule is Cc1ccc2ncc(C#N)c(OCc3cn(C(C)(C)C)nn3)c2c1. The lowest BCUT2D eigenvalue weighted by Crippen LogP contribution is -2.22. The van der Waals surface area contributed by atoms with Gasteiger partial charge in [-0.2, -0.15) is 5.26 Å². The molecule has 0 atom stereocenters. The van der Waals surface area contributed by atoms with Crippen molar-refractivity contribution in [3.8, 4) is 11.8 Å². The number of pyridine rings is 1. The van der Waals surface area contributed by atoms with E-state index in [0.717, 1.165) is 16.5 Å². The average Bonchev–Trinajstić information content (AvgIpc) is 3.01. The largest absolute Gasteiger partial charge is 0.485 e. The Morgan fingerprint density at radius 2 is 2.08 bits per heavy atom. The molecule has 0 amide bonds. The lowest BCUT2D eigenvalue weighted by Gasteiger charge is -2.17. The highest BCUT2D eigenvalue weighted by molar-refractivity contribution is 5.87. The molecule has 0 aliphatic carbocycles. The molecule has 1 aromatic carbocycles. The van der Waals surface area contributed by atoms with E-state index in [4.69, 9.17) is 4.74 Å². The van der Waals surface area contributed by atoms with Gasteiger partial charge >= 0.3 is 0 Å². The van der Waals surface area contributed by atoms with Crippen molar-refractivity contribution in [2.75, 3.05) is 0 Å². The standard InChI is InChI=1S/C18H19N5O/c1-12-5-6-16-15(7-12)17(13(8-19)9-20-16)24-11-14-10-23(22-21-14)18(2,3)4/h5-7,9-10H,11H2,1-4H3. The first-order valence-electron chi connectivity index (χ1n) is 7.72. The molecule has 0 N–H and O–H groups in total. The zero-order valence-corrected chi connectivity index (χ0v) is 14.2. The predicted molar refractivity (Wildman–Crippen MR) is 90.5 cm³/mol. The molecule has 122 valence electrons. The van der Waals surface area contributed by atoms with Crippen molar-refractivity contribution >= 4 is 10.9 Å². The normalized spacial score (nSPS) is 11.5. The number of aromatic nitrogens is 4. The third-order valence-corrected chi connectivity index (χ3v) is 3.69. The number of hydrogen-bond acceptors (Lipinski definition) is 5. The van der Waals surface area contributed by atoms with Crippen molar-refractivity contribution in [2.45, 2.75) is 39.8 Å². The molecule has 0 aliphatic heterocycles. The summed E-state index contributed by atoms with van der Waals surface area (Å²) in [5, 5.41) is 18.5. The van der Waals surface area contributed by atoms with Gasteiger partial charge in [0, 0.05) is 11.6 Å². The Morgan fingerprint density at radius 3 is 2.75 bits per heavy atom. The summed E-state index contributed by atoms with van der Waals surface area (Å²) in [7, 11) is 0. The highest BCUT2D eigenvalue weighted by Gasteiger charge is 2.16. The number of rotatable bonds is 3. The monoisotopic (exact) mass is 321 g/mol. The predicted octanol–water partition coefficient (Wildman–Crippen LogP) is 3.34. The van der Waals surface area contributed by atoms with Crippen LogP contribution in [0.4, 0.5) is 0 Å². The quantitative estimate of drug-likeness (QED) is 0.739. The molecule has 0 radical (unpaired) electrons. The Balaban J connectivity index is 1.93. The van der Waals surface area contributed by atoms with Crippen LogP contribution in [-0.2, 0) is 12.1 Å². The zero-order chi connectivity index (χ0) is 17.3. The first kappa shape index (κ1) is 15.9. The van der Waals surface area contributed by atoms with Crippen molar-refractivity contribution < 1.29 is 4.74 Å². The summed E-state index contributed by atoms with van der Waals surface area (Å²) >= 11 is 0. The second-order valence-electron chi connectivity index (χ2n) is 6.75. The molecule has 0 spiro atoms. The summed E-state index contributed by atoms with van der Waals surface area (Å²) in [5.41, 5.74) is 2.88. The van der Waals surface area contributed by atoms with Gasteiger partial charge in [0.1, 0.15) is 29.7 Å². The number of ether oxygens (including phenoxy) is 1. The zero-order valence-electron chi connectivity index (χ0n) is 14.2. The fourth-order valence-electron chi connectivity index (χ4n) is 2.36. The van der Waals surface area contributed by atoms with E-state index >= 15 is 0 Å². The van der Waals surface area contributed by atoms with Crippen LogP contribution in [0.15, 0.2) is 30.6 Å². The molecule has 6 nitrogen and oxygen atoms in total. The molecular formula is C18H19N5O. The Kier molecular flexibility index (Phi) is 3.94. The minimum absolute atomic E-state index is 0.135. The van der Waals surface area contributed by atoms with Crippen LogP contribution in [0.2, 0.25) is 0 Å². The maximum atomic E-state index is 9.35. The van der Waals surface area contributed by atoms with Crippen LogP contribution in [0.1, 0.15) is 37.6 Å². The van der Waals surface area contributed by atoms with Crippen molar-refractivity contribution in [1.29, 1.82) is 5.26 Å². The first-order chi connectivity index (χ1) is 11.4. The Bertz CT molecular complexity index is 931. The number of benzene rings is 1. The topological polar surface area (TPSA) is 76.6 Å². The molecule has 0 saturated heterocycles. The second-order valence-corrected chi connectivity index (χ2v) is 6.75. The highest BCUT2D eigenvalue weighted by Crippen LogP contribution is 2.29. The Hall–Kier alpha value is -2.94. The number of hydrogen-bond donors (Lipinski definition) is 0. The minimum atomic E-state index is -0.135. The van der Waals surface area contributed by atoms with Crippen LogP contribution < -0.4 is 4.74 Å². The van der Waals surface area contributed by atoms with Gasteiger partial charge in [-0.25, -0.2) is 4.68 Å². The molecule has 2 aromatic heterocycles. The van der Waals surface area contributed by atoms with E-state index in [2.05, 4.69) is 42.1 Å². The summed E-state index contributed by atoms with van der Waals surface area (Å²) in [6, 6.07) is 8.03. The molecule has 3 aromatic rings. The molecule has 0 aliphatic rings. The maximum absolute atomic E-state index is 9.35. The van der Waals surface area contributed by atoms with Crippen molar-refractivity contribution in [3.63, 3.8) is 0 Å². The molecule has 2 heterocycles. The van der Waals surface area contributed by atoms with Crippen molar-refractivity contribution in [1.82, 2.24) is 20.0 Å². The van der Waals surface area contributed by atoms with E-state index < -0.39 is 0 Å². The Labute approximate surface area is 140 Å². The van der Waals surface area contributed by atoms with Crippen molar-refractivity contribution in [3.05, 3.63) is 47.4 Å². The van der Waals surface area contributed by atoms with E-state index in [0.29, 0.717) is 17.0 Å². The van der Waals surface area contributed by atoms with E-state index in [1.165, 1.54) is 0 Å². The lowest BCUT2D eigenvalue weighted by atomic mass is 10.1. The second kappa shape index (κ2) is 5.93. The van der Waals surface area contributed by atoms with Crippen LogP contribution in [0.3, 0.4) is 0 Å². The van der Waals surface area contributed by atoms with Gasteiger partial charge in [-0.05, 0) is 39.8 Å². The molecule has 0 bridgehead atoms. The van der Waals surface area contributed by atoms with Crippen LogP contribution >= 0.6 is 0 Å². The van der Waals surface area contributed by atoms with Crippen LogP contribution in [-0.4, -0.2) is 20.0 Å². The third kappa shape index (κ3) is 3.06. The smallest absolute Gasteiger partial charge is 0.148 e. The van der Waals surface area contributed by atoms with Gasteiger partial charge < -0.3 is 4.74 Å². The van der Waals surface area contributed by atoms with Gasteiger partial charge in [-0.3, -0.25) is 4.98 Å². The van der Waals surface area contributed by atoms with E-state index in [9.17, 15) is 5.26 Å². The molecule has 24 heavy (non-hydrogen) atoms. The van der Waals surface area contributed by atoms with Gasteiger partial charge in [-0.1, -0.05) is 16.8 Å². The van der Waals surface area contributed by atoms with Crippen LogP contribution in [0, 0.1) is 18.3 Å². The summed E-state index contributed by atoms with van der Waals surface area (Å²) in [5.74, 6) is 0.538. The molecule has 0 fully saturated rings. The summed E-state index contributed by atoms with van der Waals surface area (Å²) in [4.78, 5) is 4.31. The van der Waals surface area contributed by atoms with Gasteiger partial charge in [0.15, 0.2) is 0 Å². The van der Waals surface area contributed by atoms with Gasteiger partial charge in [0.2, 0.25) is 0 Å². The molecule has 6 heteroatoms. The van der Waals surface area contributed by atoms with Gasteiger partial charge in [-0.15, -0.1) is 5.10 Å². The summed E-state index contributed by atoms with van der Waals surface area (Å²) in [6.07, 6.45) is 3.40. The molecule has 0 saturated carbocycles. The third-order valence-electron chi connectivity index (χ3n) is 3.69. The van der Waals surface area contributed by atoms with E-state index in [-0.39, 0.29) is 12.1 Å². The van der Waals surface area contributed by atoms with Crippen molar-refractivity contribution in [2.24, 2.45) is 0 Å². The summed E-state index contributed by atoms with van der Waals surface area (Å²) in [6.45, 7) is 8.41. The lowest BCUT2D eigenvalue weighted by molar-refractivity contribution is 0.303.